The van der Waals surface area contributed by atoms with Crippen molar-refractivity contribution in [2.45, 2.75) is 31.0 Å². The van der Waals surface area contributed by atoms with Crippen LogP contribution in [0.25, 0.3) is 0 Å². The first-order valence-corrected chi connectivity index (χ1v) is 3.38. The predicted molar refractivity (Wildman–Crippen MR) is 34.6 cm³/mol. The molecular weight excluding hydrogens is 152 g/mol. The van der Waals surface area contributed by atoms with Crippen molar-refractivity contribution in [1.29, 1.82) is 0 Å². The van der Waals surface area contributed by atoms with Crippen LogP contribution in [0, 0.1) is 0 Å². The van der Waals surface area contributed by atoms with Gasteiger partial charge in [0.05, 0.1) is 12.7 Å². The summed E-state index contributed by atoms with van der Waals surface area (Å²) in [6.07, 6.45) is -3.25. The highest BCUT2D eigenvalue weighted by atomic mass is 16.7. The first kappa shape index (κ1) is 8.89. The molecule has 5 heteroatoms. The first-order valence-electron chi connectivity index (χ1n) is 3.38. The Labute approximate surface area is 63.8 Å². The Hall–Kier alpha value is -0.200. The molecule has 1 aliphatic rings. The number of aliphatic hydroxyl groups excluding tert-OH is 3. The molecule has 1 heterocycles. The molecule has 5 nitrogen and oxygen atoms in total. The highest BCUT2D eigenvalue weighted by Crippen LogP contribution is 2.28. The maximum atomic E-state index is 9.23. The maximum Gasteiger partial charge on any atom is 0.219 e. The average Bonchev–Trinajstić information content (AvgIpc) is 2.17. The molecule has 4 atom stereocenters. The van der Waals surface area contributed by atoms with Gasteiger partial charge in [-0.25, -0.2) is 0 Å². The molecule has 66 valence electrons. The molecule has 0 spiro atoms. The fourth-order valence-corrected chi connectivity index (χ4v) is 1.12. The summed E-state index contributed by atoms with van der Waals surface area (Å²) in [5.74, 6) is -2.00. The molecule has 11 heavy (non-hydrogen) atoms. The van der Waals surface area contributed by atoms with Gasteiger partial charge in [-0.15, -0.1) is 0 Å². The molecule has 1 rings (SSSR count). The molecule has 0 aromatic heterocycles. The number of hydrogen-bond donors (Lipinski definition) is 4. The molecule has 1 fully saturated rings. The second-order valence-corrected chi connectivity index (χ2v) is 2.76. The lowest BCUT2D eigenvalue weighted by Gasteiger charge is -2.22. The molecule has 0 aromatic carbocycles. The molecule has 0 aliphatic carbocycles. The van der Waals surface area contributed by atoms with Gasteiger partial charge in [0.1, 0.15) is 12.2 Å². The van der Waals surface area contributed by atoms with E-state index in [1.54, 1.807) is 0 Å². The van der Waals surface area contributed by atoms with E-state index < -0.39 is 30.7 Å². The number of ether oxygens (including phenoxy) is 1. The summed E-state index contributed by atoms with van der Waals surface area (Å²) in [5, 5.41) is 36.0. The molecule has 1 aliphatic heterocycles. The SMILES string of the molecule is C[C@H]1O[C@@](O)(CO)[C@@H](O)[C@H]1O. The fraction of sp³-hybridized carbons (Fsp3) is 1.00. The van der Waals surface area contributed by atoms with E-state index in [-0.39, 0.29) is 0 Å². The standard InChI is InChI=1S/C6H12O5/c1-3-4(8)5(9)6(10,2-7)11-3/h3-5,7-10H,2H2,1H3/t3-,4+,5+,6+/m1/s1. The van der Waals surface area contributed by atoms with Gasteiger partial charge in [0, 0.05) is 0 Å². The average molecular weight is 164 g/mol. The Morgan fingerprint density at radius 2 is 2.00 bits per heavy atom. The van der Waals surface area contributed by atoms with Crippen LogP contribution in [0.1, 0.15) is 6.92 Å². The quantitative estimate of drug-likeness (QED) is 0.353. The molecule has 0 radical (unpaired) electrons. The van der Waals surface area contributed by atoms with Crippen LogP contribution < -0.4 is 0 Å². The number of hydrogen-bond acceptors (Lipinski definition) is 5. The van der Waals surface area contributed by atoms with Gasteiger partial charge >= 0.3 is 0 Å². The van der Waals surface area contributed by atoms with E-state index >= 15 is 0 Å². The van der Waals surface area contributed by atoms with Gasteiger partial charge in [-0.1, -0.05) is 0 Å². The van der Waals surface area contributed by atoms with Crippen molar-refractivity contribution in [3.8, 4) is 0 Å². The van der Waals surface area contributed by atoms with Crippen molar-refractivity contribution in [2.24, 2.45) is 0 Å². The zero-order valence-corrected chi connectivity index (χ0v) is 6.14. The van der Waals surface area contributed by atoms with Crippen molar-refractivity contribution in [3.05, 3.63) is 0 Å². The molecular formula is C6H12O5. The first-order chi connectivity index (χ1) is 5.01. The normalized spacial score (nSPS) is 51.5. The monoisotopic (exact) mass is 164 g/mol. The van der Waals surface area contributed by atoms with Gasteiger partial charge in [0.2, 0.25) is 5.79 Å². The molecule has 0 unspecified atom stereocenters. The molecule has 4 N–H and O–H groups in total. The Balaban J connectivity index is 2.73. The second kappa shape index (κ2) is 2.69. The summed E-state index contributed by atoms with van der Waals surface area (Å²) in [4.78, 5) is 0. The van der Waals surface area contributed by atoms with Crippen LogP contribution in [0.3, 0.4) is 0 Å². The van der Waals surface area contributed by atoms with Crippen molar-refractivity contribution >= 4 is 0 Å². The topological polar surface area (TPSA) is 90.2 Å². The van der Waals surface area contributed by atoms with Crippen LogP contribution in [0.2, 0.25) is 0 Å². The highest BCUT2D eigenvalue weighted by molar-refractivity contribution is 4.93. The van der Waals surface area contributed by atoms with Gasteiger partial charge in [-0.3, -0.25) is 0 Å². The number of aliphatic hydroxyl groups is 4. The fourth-order valence-electron chi connectivity index (χ4n) is 1.12. The van der Waals surface area contributed by atoms with Crippen LogP contribution in [0.15, 0.2) is 0 Å². The minimum absolute atomic E-state index is 0.665. The van der Waals surface area contributed by atoms with E-state index in [0.29, 0.717) is 0 Å². The minimum atomic E-state index is -2.00. The number of rotatable bonds is 1. The molecule has 0 amide bonds. The van der Waals surface area contributed by atoms with E-state index in [9.17, 15) is 5.11 Å². The van der Waals surface area contributed by atoms with Crippen molar-refractivity contribution < 1.29 is 25.2 Å². The van der Waals surface area contributed by atoms with Gasteiger partial charge in [-0.05, 0) is 6.92 Å². The maximum absolute atomic E-state index is 9.23. The van der Waals surface area contributed by atoms with Crippen LogP contribution in [0.4, 0.5) is 0 Å². The largest absolute Gasteiger partial charge is 0.391 e. The lowest BCUT2D eigenvalue weighted by atomic mass is 10.1. The third kappa shape index (κ3) is 1.25. The molecule has 0 bridgehead atoms. The lowest BCUT2D eigenvalue weighted by molar-refractivity contribution is -0.243. The molecule has 1 saturated heterocycles. The highest BCUT2D eigenvalue weighted by Gasteiger charge is 2.51. The predicted octanol–water partition coefficient (Wildman–Crippen LogP) is -2.19. The zero-order valence-electron chi connectivity index (χ0n) is 6.14. The Morgan fingerprint density at radius 1 is 1.45 bits per heavy atom. The van der Waals surface area contributed by atoms with Gasteiger partial charge < -0.3 is 25.2 Å². The summed E-state index contributed by atoms with van der Waals surface area (Å²) in [7, 11) is 0. The van der Waals surface area contributed by atoms with Gasteiger partial charge in [0.25, 0.3) is 0 Å². The third-order valence-corrected chi connectivity index (χ3v) is 1.88. The zero-order chi connectivity index (χ0) is 8.65. The minimum Gasteiger partial charge on any atom is -0.391 e. The molecule has 0 aromatic rings. The smallest absolute Gasteiger partial charge is 0.219 e. The van der Waals surface area contributed by atoms with Crippen LogP contribution in [-0.2, 0) is 4.74 Å². The summed E-state index contributed by atoms with van der Waals surface area (Å²) in [6, 6.07) is 0. The van der Waals surface area contributed by atoms with Crippen LogP contribution in [0.5, 0.6) is 0 Å². The Morgan fingerprint density at radius 3 is 2.18 bits per heavy atom. The lowest BCUT2D eigenvalue weighted by Crippen LogP contribution is -2.46. The third-order valence-electron chi connectivity index (χ3n) is 1.88. The van der Waals surface area contributed by atoms with E-state index in [4.69, 9.17) is 20.1 Å². The van der Waals surface area contributed by atoms with Crippen LogP contribution in [-0.4, -0.2) is 51.1 Å². The summed E-state index contributed by atoms with van der Waals surface area (Å²) in [6.45, 7) is 0.775. The van der Waals surface area contributed by atoms with E-state index in [0.717, 1.165) is 0 Å². The van der Waals surface area contributed by atoms with E-state index in [1.807, 2.05) is 0 Å². The van der Waals surface area contributed by atoms with Crippen molar-refractivity contribution in [2.75, 3.05) is 6.61 Å². The van der Waals surface area contributed by atoms with Crippen molar-refractivity contribution in [3.63, 3.8) is 0 Å². The molecule has 0 saturated carbocycles. The Bertz CT molecular complexity index is 150. The van der Waals surface area contributed by atoms with Gasteiger partial charge in [0.15, 0.2) is 0 Å². The van der Waals surface area contributed by atoms with Gasteiger partial charge in [-0.2, -0.15) is 0 Å². The van der Waals surface area contributed by atoms with E-state index in [1.165, 1.54) is 6.92 Å². The van der Waals surface area contributed by atoms with Crippen molar-refractivity contribution in [1.82, 2.24) is 0 Å². The summed E-state index contributed by atoms with van der Waals surface area (Å²) >= 11 is 0. The Kier molecular flexibility index (Phi) is 2.17. The van der Waals surface area contributed by atoms with E-state index in [2.05, 4.69) is 0 Å². The summed E-state index contributed by atoms with van der Waals surface area (Å²) in [5.41, 5.74) is 0. The summed E-state index contributed by atoms with van der Waals surface area (Å²) < 4.78 is 4.73. The second-order valence-electron chi connectivity index (χ2n) is 2.76. The van der Waals surface area contributed by atoms with Crippen LogP contribution >= 0.6 is 0 Å².